The first-order valence-electron chi connectivity index (χ1n) is 8.03. The van der Waals surface area contributed by atoms with Gasteiger partial charge < -0.3 is 10.6 Å². The third-order valence-electron chi connectivity index (χ3n) is 3.82. The maximum absolute atomic E-state index is 12.4. The highest BCUT2D eigenvalue weighted by molar-refractivity contribution is 6.04. The van der Waals surface area contributed by atoms with E-state index < -0.39 is 0 Å². The Labute approximate surface area is 138 Å². The summed E-state index contributed by atoms with van der Waals surface area (Å²) in [4.78, 5) is 16.5. The Hall–Kier alpha value is -2.36. The zero-order valence-corrected chi connectivity index (χ0v) is 14.3. The van der Waals surface area contributed by atoms with Crippen LogP contribution >= 0.6 is 0 Å². The van der Waals surface area contributed by atoms with Gasteiger partial charge in [-0.25, -0.2) is 0 Å². The number of nitrogens with one attached hydrogen (secondary N) is 2. The van der Waals surface area contributed by atoms with Crippen LogP contribution in [0.15, 0.2) is 36.7 Å². The molecule has 0 unspecified atom stereocenters. The number of carbonyl (C=O) groups excluding carboxylic acids is 1. The molecular weight excluding hydrogens is 286 g/mol. The van der Waals surface area contributed by atoms with E-state index in [2.05, 4.69) is 36.4 Å². The topological polar surface area (TPSA) is 54.0 Å². The van der Waals surface area contributed by atoms with Gasteiger partial charge in [-0.3, -0.25) is 9.78 Å². The van der Waals surface area contributed by atoms with Crippen LogP contribution in [0.1, 0.15) is 41.8 Å². The largest absolute Gasteiger partial charge is 0.384 e. The number of carbonyl (C=O) groups is 1. The molecule has 0 aliphatic rings. The molecule has 4 nitrogen and oxygen atoms in total. The van der Waals surface area contributed by atoms with E-state index in [1.54, 1.807) is 12.4 Å². The highest BCUT2D eigenvalue weighted by Crippen LogP contribution is 2.16. The first-order valence-corrected chi connectivity index (χ1v) is 8.03. The molecule has 0 saturated heterocycles. The number of amides is 1. The van der Waals surface area contributed by atoms with Gasteiger partial charge in [-0.1, -0.05) is 19.9 Å². The lowest BCUT2D eigenvalue weighted by Gasteiger charge is -2.10. The zero-order valence-electron chi connectivity index (χ0n) is 14.3. The van der Waals surface area contributed by atoms with Gasteiger partial charge in [0.1, 0.15) is 0 Å². The quantitative estimate of drug-likeness (QED) is 0.831. The molecule has 0 spiro atoms. The molecular formula is C19H25N3O. The summed E-state index contributed by atoms with van der Waals surface area (Å²) in [6, 6.07) is 7.74. The van der Waals surface area contributed by atoms with Gasteiger partial charge in [0.15, 0.2) is 0 Å². The molecule has 0 fully saturated rings. The average molecular weight is 311 g/mol. The number of anilines is 2. The van der Waals surface area contributed by atoms with Gasteiger partial charge in [-0.05, 0) is 55.5 Å². The summed E-state index contributed by atoms with van der Waals surface area (Å²) in [6.07, 6.45) is 4.41. The van der Waals surface area contributed by atoms with Crippen molar-refractivity contribution < 1.29 is 4.79 Å². The molecule has 0 saturated carbocycles. The minimum atomic E-state index is -0.145. The van der Waals surface area contributed by atoms with Crippen LogP contribution in [0.2, 0.25) is 0 Å². The van der Waals surface area contributed by atoms with Crippen LogP contribution < -0.4 is 10.6 Å². The van der Waals surface area contributed by atoms with Crippen LogP contribution in [0.25, 0.3) is 0 Å². The summed E-state index contributed by atoms with van der Waals surface area (Å²) < 4.78 is 0. The minimum Gasteiger partial charge on any atom is -0.384 e. The molecule has 1 heterocycles. The molecule has 2 N–H and O–H groups in total. The summed E-state index contributed by atoms with van der Waals surface area (Å²) >= 11 is 0. The lowest BCUT2D eigenvalue weighted by atomic mass is 10.1. The fraction of sp³-hybridized carbons (Fsp3) is 0.368. The van der Waals surface area contributed by atoms with Gasteiger partial charge in [-0.15, -0.1) is 0 Å². The van der Waals surface area contributed by atoms with Crippen LogP contribution in [0, 0.1) is 19.8 Å². The summed E-state index contributed by atoms with van der Waals surface area (Å²) in [5.41, 5.74) is 4.60. The first kappa shape index (κ1) is 17.0. The summed E-state index contributed by atoms with van der Waals surface area (Å²) in [7, 11) is 0. The van der Waals surface area contributed by atoms with Crippen molar-refractivity contribution in [2.45, 2.75) is 34.1 Å². The monoisotopic (exact) mass is 311 g/mol. The number of hydrogen-bond acceptors (Lipinski definition) is 3. The predicted molar refractivity (Wildman–Crippen MR) is 96.1 cm³/mol. The van der Waals surface area contributed by atoms with E-state index in [4.69, 9.17) is 0 Å². The van der Waals surface area contributed by atoms with Gasteiger partial charge >= 0.3 is 0 Å². The number of hydrogen-bond donors (Lipinski definition) is 2. The Balaban J connectivity index is 2.02. The van der Waals surface area contributed by atoms with Crippen LogP contribution in [-0.4, -0.2) is 17.4 Å². The number of nitrogens with zero attached hydrogens (tertiary/aromatic N) is 1. The average Bonchev–Trinajstić information content (AvgIpc) is 2.51. The SMILES string of the molecule is Cc1ccc(NC(=O)c2cncc(NCCC(C)C)c2)cc1C. The molecule has 1 amide bonds. The number of rotatable bonds is 6. The molecule has 0 radical (unpaired) electrons. The second-order valence-corrected chi connectivity index (χ2v) is 6.32. The molecule has 2 rings (SSSR count). The molecule has 4 heteroatoms. The van der Waals surface area contributed by atoms with E-state index in [1.165, 1.54) is 5.56 Å². The fourth-order valence-corrected chi connectivity index (χ4v) is 2.19. The Morgan fingerprint density at radius 2 is 1.87 bits per heavy atom. The van der Waals surface area contributed by atoms with E-state index in [9.17, 15) is 4.79 Å². The van der Waals surface area contributed by atoms with Gasteiger partial charge in [0, 0.05) is 24.6 Å². The predicted octanol–water partition coefficient (Wildman–Crippen LogP) is 4.41. The summed E-state index contributed by atoms with van der Waals surface area (Å²) in [5, 5.41) is 6.23. The van der Waals surface area contributed by atoms with Gasteiger partial charge in [0.2, 0.25) is 0 Å². The van der Waals surface area contributed by atoms with E-state index in [-0.39, 0.29) is 5.91 Å². The molecule has 1 aromatic heterocycles. The zero-order chi connectivity index (χ0) is 16.8. The van der Waals surface area contributed by atoms with Crippen molar-refractivity contribution in [2.24, 2.45) is 5.92 Å². The van der Waals surface area contributed by atoms with E-state index in [0.29, 0.717) is 11.5 Å². The fourth-order valence-electron chi connectivity index (χ4n) is 2.19. The second kappa shape index (κ2) is 7.77. The van der Waals surface area contributed by atoms with Gasteiger partial charge in [0.25, 0.3) is 5.91 Å². The third-order valence-corrected chi connectivity index (χ3v) is 3.82. The Morgan fingerprint density at radius 1 is 1.09 bits per heavy atom. The Bertz CT molecular complexity index is 680. The molecule has 1 aromatic carbocycles. The van der Waals surface area contributed by atoms with Gasteiger partial charge in [-0.2, -0.15) is 0 Å². The molecule has 122 valence electrons. The van der Waals surface area contributed by atoms with Crippen LogP contribution in [0.5, 0.6) is 0 Å². The summed E-state index contributed by atoms with van der Waals surface area (Å²) in [6.45, 7) is 9.34. The molecule has 0 aliphatic heterocycles. The smallest absolute Gasteiger partial charge is 0.257 e. The Morgan fingerprint density at radius 3 is 2.57 bits per heavy atom. The number of pyridine rings is 1. The summed E-state index contributed by atoms with van der Waals surface area (Å²) in [5.74, 6) is 0.500. The van der Waals surface area contributed by atoms with Crippen molar-refractivity contribution >= 4 is 17.3 Å². The van der Waals surface area contributed by atoms with Crippen molar-refractivity contribution in [1.29, 1.82) is 0 Å². The molecule has 23 heavy (non-hydrogen) atoms. The third kappa shape index (κ3) is 5.09. The van der Waals surface area contributed by atoms with Gasteiger partial charge in [0.05, 0.1) is 11.3 Å². The molecule has 0 aliphatic carbocycles. The van der Waals surface area contributed by atoms with Crippen molar-refractivity contribution in [3.05, 3.63) is 53.3 Å². The maximum atomic E-state index is 12.4. The van der Waals surface area contributed by atoms with Crippen LogP contribution in [-0.2, 0) is 0 Å². The number of benzene rings is 1. The van der Waals surface area contributed by atoms with Crippen molar-refractivity contribution in [1.82, 2.24) is 4.98 Å². The van der Waals surface area contributed by atoms with E-state index >= 15 is 0 Å². The van der Waals surface area contributed by atoms with E-state index in [0.717, 1.165) is 29.9 Å². The molecule has 2 aromatic rings. The minimum absolute atomic E-state index is 0.145. The van der Waals surface area contributed by atoms with E-state index in [1.807, 2.05) is 31.2 Å². The van der Waals surface area contributed by atoms with Crippen LogP contribution in [0.4, 0.5) is 11.4 Å². The first-order chi connectivity index (χ1) is 11.0. The van der Waals surface area contributed by atoms with Crippen molar-refractivity contribution in [2.75, 3.05) is 17.2 Å². The molecule has 0 atom stereocenters. The van der Waals surface area contributed by atoms with Crippen molar-refractivity contribution in [3.63, 3.8) is 0 Å². The normalized spacial score (nSPS) is 10.7. The maximum Gasteiger partial charge on any atom is 0.257 e. The highest BCUT2D eigenvalue weighted by Gasteiger charge is 2.08. The molecule has 0 bridgehead atoms. The second-order valence-electron chi connectivity index (χ2n) is 6.32. The lowest BCUT2D eigenvalue weighted by Crippen LogP contribution is -2.13. The Kier molecular flexibility index (Phi) is 5.74. The standard InChI is InChI=1S/C19H25N3O/c1-13(2)7-8-21-18-10-16(11-20-12-18)19(23)22-17-6-5-14(3)15(4)9-17/h5-6,9-13,21H,7-8H2,1-4H3,(H,22,23). The number of aromatic nitrogens is 1. The number of aryl methyl sites for hydroxylation is 2. The highest BCUT2D eigenvalue weighted by atomic mass is 16.1. The van der Waals surface area contributed by atoms with Crippen LogP contribution in [0.3, 0.4) is 0 Å². The van der Waals surface area contributed by atoms with Crippen molar-refractivity contribution in [3.8, 4) is 0 Å². The lowest BCUT2D eigenvalue weighted by molar-refractivity contribution is 0.102.